The van der Waals surface area contributed by atoms with Crippen molar-refractivity contribution in [3.8, 4) is 0 Å². The van der Waals surface area contributed by atoms with Gasteiger partial charge in [0.1, 0.15) is 11.0 Å². The number of carbonyl (C=O) groups is 1. The summed E-state index contributed by atoms with van der Waals surface area (Å²) in [4.78, 5) is 30.4. The Kier molecular flexibility index (Phi) is 1.88. The SMILES string of the molecule is O=C(O)N1C[C@]23C[C@H]1CN2c1cc(Cl)nc(=O)n1C3. The molecule has 2 atom stereocenters. The van der Waals surface area contributed by atoms with Crippen LogP contribution in [0.15, 0.2) is 10.9 Å². The van der Waals surface area contributed by atoms with Crippen molar-refractivity contribution >= 4 is 23.5 Å². The lowest BCUT2D eigenvalue weighted by atomic mass is 10.0. The molecule has 3 aliphatic heterocycles. The molecule has 1 aromatic rings. The van der Waals surface area contributed by atoms with E-state index >= 15 is 0 Å². The third kappa shape index (κ3) is 1.25. The van der Waals surface area contributed by atoms with Gasteiger partial charge in [-0.3, -0.25) is 4.57 Å². The van der Waals surface area contributed by atoms with Crippen molar-refractivity contribution < 1.29 is 9.90 Å². The van der Waals surface area contributed by atoms with E-state index in [1.165, 1.54) is 4.90 Å². The number of hydrogen-bond acceptors (Lipinski definition) is 4. The third-order valence-corrected chi connectivity index (χ3v) is 4.61. The van der Waals surface area contributed by atoms with Gasteiger partial charge in [-0.2, -0.15) is 4.98 Å². The predicted octanol–water partition coefficient (Wildman–Crippen LogP) is 0.221. The van der Waals surface area contributed by atoms with Gasteiger partial charge >= 0.3 is 11.8 Å². The zero-order valence-corrected chi connectivity index (χ0v) is 10.7. The molecule has 0 aromatic carbocycles. The van der Waals surface area contributed by atoms with Gasteiger partial charge in [0.15, 0.2) is 0 Å². The fourth-order valence-corrected chi connectivity index (χ4v) is 3.89. The van der Waals surface area contributed by atoms with Crippen LogP contribution in [-0.4, -0.2) is 50.3 Å². The minimum Gasteiger partial charge on any atom is -0.465 e. The average molecular weight is 283 g/mol. The molecule has 1 spiro atoms. The molecule has 0 saturated carbocycles. The summed E-state index contributed by atoms with van der Waals surface area (Å²) >= 11 is 5.84. The first-order valence-electron chi connectivity index (χ1n) is 6.05. The second kappa shape index (κ2) is 3.22. The normalized spacial score (nSPS) is 30.7. The van der Waals surface area contributed by atoms with Crippen LogP contribution in [0, 0.1) is 0 Å². The van der Waals surface area contributed by atoms with Crippen LogP contribution in [0.3, 0.4) is 0 Å². The molecule has 7 nitrogen and oxygen atoms in total. The van der Waals surface area contributed by atoms with Crippen LogP contribution < -0.4 is 10.6 Å². The fraction of sp³-hybridized carbons (Fsp3) is 0.545. The summed E-state index contributed by atoms with van der Waals surface area (Å²) in [5.41, 5.74) is -0.654. The van der Waals surface area contributed by atoms with E-state index in [1.54, 1.807) is 10.6 Å². The third-order valence-electron chi connectivity index (χ3n) is 4.42. The maximum Gasteiger partial charge on any atom is 0.407 e. The quantitative estimate of drug-likeness (QED) is 0.689. The minimum atomic E-state index is -0.888. The molecule has 1 N–H and O–H groups in total. The van der Waals surface area contributed by atoms with E-state index in [-0.39, 0.29) is 22.4 Å². The Hall–Kier alpha value is -1.76. The summed E-state index contributed by atoms with van der Waals surface area (Å²) in [7, 11) is 0. The van der Waals surface area contributed by atoms with E-state index in [1.807, 2.05) is 0 Å². The molecule has 0 aliphatic carbocycles. The van der Waals surface area contributed by atoms with Crippen LogP contribution in [0.1, 0.15) is 6.42 Å². The fourth-order valence-electron chi connectivity index (χ4n) is 3.72. The molecule has 2 bridgehead atoms. The zero-order valence-electron chi connectivity index (χ0n) is 9.91. The molecule has 3 aliphatic rings. The highest BCUT2D eigenvalue weighted by atomic mass is 35.5. The van der Waals surface area contributed by atoms with Gasteiger partial charge < -0.3 is 14.9 Å². The molecular weight excluding hydrogens is 272 g/mol. The maximum absolute atomic E-state index is 11.9. The second-order valence-electron chi connectivity index (χ2n) is 5.41. The number of fused-ring (bicyclic) bond motifs is 3. The number of amides is 1. The number of halogens is 1. The van der Waals surface area contributed by atoms with Gasteiger partial charge in [-0.15, -0.1) is 0 Å². The smallest absolute Gasteiger partial charge is 0.407 e. The van der Waals surface area contributed by atoms with E-state index < -0.39 is 6.09 Å². The molecule has 2 saturated heterocycles. The Morgan fingerprint density at radius 1 is 1.53 bits per heavy atom. The number of anilines is 1. The largest absolute Gasteiger partial charge is 0.465 e. The number of hydrogen-bond donors (Lipinski definition) is 1. The van der Waals surface area contributed by atoms with E-state index in [4.69, 9.17) is 11.6 Å². The molecule has 4 rings (SSSR count). The summed E-state index contributed by atoms with van der Waals surface area (Å²) in [5, 5.41) is 9.36. The van der Waals surface area contributed by atoms with Crippen molar-refractivity contribution in [2.75, 3.05) is 18.0 Å². The number of piperazine rings is 1. The Bertz CT molecular complexity index is 660. The van der Waals surface area contributed by atoms with Gasteiger partial charge in [0.25, 0.3) is 0 Å². The Morgan fingerprint density at radius 2 is 2.32 bits per heavy atom. The standard InChI is InChI=1S/C11H11ClN4O3/c12-7-1-8-15(9(17)13-7)5-11-2-6(3-16(8)11)14(4-11)10(18)19/h1,6H,2-5H2,(H,18,19)/t6-,11-/m0/s1. The van der Waals surface area contributed by atoms with Crippen molar-refractivity contribution in [2.24, 2.45) is 0 Å². The first kappa shape index (κ1) is 11.1. The highest BCUT2D eigenvalue weighted by Gasteiger charge is 2.59. The van der Waals surface area contributed by atoms with Gasteiger partial charge in [0.2, 0.25) is 0 Å². The predicted molar refractivity (Wildman–Crippen MR) is 66.7 cm³/mol. The Labute approximate surface area is 113 Å². The van der Waals surface area contributed by atoms with Gasteiger partial charge in [-0.1, -0.05) is 11.6 Å². The molecule has 1 amide bonds. The average Bonchev–Trinajstić information content (AvgIpc) is 2.94. The maximum atomic E-state index is 11.9. The lowest BCUT2D eigenvalue weighted by Crippen LogP contribution is -2.54. The van der Waals surface area contributed by atoms with Gasteiger partial charge in [-0.05, 0) is 6.42 Å². The summed E-state index contributed by atoms with van der Waals surface area (Å²) in [6.45, 7) is 1.55. The lowest BCUT2D eigenvalue weighted by molar-refractivity contribution is 0.133. The molecule has 1 aromatic heterocycles. The summed E-state index contributed by atoms with van der Waals surface area (Å²) in [5.74, 6) is 0.762. The summed E-state index contributed by atoms with van der Waals surface area (Å²) in [6, 6.07) is 1.69. The number of aromatic nitrogens is 2. The van der Waals surface area contributed by atoms with Gasteiger partial charge in [-0.25, -0.2) is 9.59 Å². The van der Waals surface area contributed by atoms with Gasteiger partial charge in [0.05, 0.1) is 18.1 Å². The second-order valence-corrected chi connectivity index (χ2v) is 5.80. The van der Waals surface area contributed by atoms with Gasteiger partial charge in [0, 0.05) is 19.2 Å². The minimum absolute atomic E-state index is 0.00768. The summed E-state index contributed by atoms with van der Waals surface area (Å²) in [6.07, 6.45) is -0.126. The Balaban J connectivity index is 1.80. The van der Waals surface area contributed by atoms with Crippen molar-refractivity contribution in [3.05, 3.63) is 21.7 Å². The first-order valence-corrected chi connectivity index (χ1v) is 6.43. The molecule has 100 valence electrons. The van der Waals surface area contributed by atoms with Crippen LogP contribution in [0.25, 0.3) is 0 Å². The molecule has 0 unspecified atom stereocenters. The molecule has 19 heavy (non-hydrogen) atoms. The highest BCUT2D eigenvalue weighted by Crippen LogP contribution is 2.47. The first-order chi connectivity index (χ1) is 9.00. The van der Waals surface area contributed by atoms with E-state index in [0.29, 0.717) is 19.6 Å². The molecule has 2 fully saturated rings. The van der Waals surface area contributed by atoms with Crippen molar-refractivity contribution in [2.45, 2.75) is 24.5 Å². The van der Waals surface area contributed by atoms with E-state index in [0.717, 1.165) is 12.2 Å². The number of nitrogens with zero attached hydrogens (tertiary/aromatic N) is 4. The molecule has 0 radical (unpaired) electrons. The number of carboxylic acid groups (broad SMARTS) is 1. The van der Waals surface area contributed by atoms with Crippen LogP contribution in [0.5, 0.6) is 0 Å². The summed E-state index contributed by atoms with van der Waals surface area (Å²) < 4.78 is 1.59. The Morgan fingerprint density at radius 3 is 3.05 bits per heavy atom. The van der Waals surface area contributed by atoms with Crippen molar-refractivity contribution in [1.29, 1.82) is 0 Å². The monoisotopic (exact) mass is 282 g/mol. The van der Waals surface area contributed by atoms with E-state index in [9.17, 15) is 14.7 Å². The zero-order chi connectivity index (χ0) is 13.4. The molecule has 4 heterocycles. The topological polar surface area (TPSA) is 78.7 Å². The molecule has 8 heteroatoms. The van der Waals surface area contributed by atoms with E-state index in [2.05, 4.69) is 9.88 Å². The molecular formula is C11H11ClN4O3. The number of likely N-dealkylation sites (tertiary alicyclic amines) is 1. The van der Waals surface area contributed by atoms with Crippen LogP contribution in [0.2, 0.25) is 5.15 Å². The van der Waals surface area contributed by atoms with Crippen molar-refractivity contribution in [1.82, 2.24) is 14.5 Å². The van der Waals surface area contributed by atoms with Crippen LogP contribution in [-0.2, 0) is 6.54 Å². The van der Waals surface area contributed by atoms with Crippen LogP contribution >= 0.6 is 11.6 Å². The van der Waals surface area contributed by atoms with Crippen LogP contribution in [0.4, 0.5) is 10.6 Å². The van der Waals surface area contributed by atoms with Crippen molar-refractivity contribution in [3.63, 3.8) is 0 Å². The highest BCUT2D eigenvalue weighted by molar-refractivity contribution is 6.29. The number of rotatable bonds is 0. The lowest BCUT2D eigenvalue weighted by Gasteiger charge is -2.36.